The van der Waals surface area contributed by atoms with Crippen LogP contribution in [0.15, 0.2) is 18.3 Å². The lowest BCUT2D eigenvalue weighted by Crippen LogP contribution is -2.45. The Morgan fingerprint density at radius 2 is 2.07 bits per heavy atom. The van der Waals surface area contributed by atoms with Gasteiger partial charge in [-0.15, -0.1) is 0 Å². The summed E-state index contributed by atoms with van der Waals surface area (Å²) in [6.07, 6.45) is 3.13. The normalized spacial score (nSPS) is 17.4. The van der Waals surface area contributed by atoms with Crippen LogP contribution in [0.25, 0.3) is 0 Å². The molecule has 2 heterocycles. The van der Waals surface area contributed by atoms with E-state index in [0.717, 1.165) is 19.4 Å². The minimum absolute atomic E-state index is 0.0323. The SMILES string of the molecule is CCOc1ccc(C(=O)N2CCCC(CN(C)C(=O)OC(C)(C)C)C2)cn1. The van der Waals surface area contributed by atoms with E-state index in [1.165, 1.54) is 0 Å². The van der Waals surface area contributed by atoms with Gasteiger partial charge in [0.1, 0.15) is 5.60 Å². The smallest absolute Gasteiger partial charge is 0.410 e. The number of hydrogen-bond donors (Lipinski definition) is 0. The first-order chi connectivity index (χ1) is 12.7. The van der Waals surface area contributed by atoms with Gasteiger partial charge in [0.05, 0.1) is 12.2 Å². The van der Waals surface area contributed by atoms with Crippen molar-refractivity contribution in [1.29, 1.82) is 0 Å². The van der Waals surface area contributed by atoms with E-state index in [1.54, 1.807) is 30.3 Å². The van der Waals surface area contributed by atoms with Gasteiger partial charge < -0.3 is 19.3 Å². The molecule has 1 atom stereocenters. The standard InChI is InChI=1S/C20H31N3O4/c1-6-26-17-10-9-16(12-21-17)18(24)23-11-7-8-15(14-23)13-22(5)19(25)27-20(2,3)4/h9-10,12,15H,6-8,11,13-14H2,1-5H3. The molecule has 2 amide bonds. The molecule has 0 radical (unpaired) electrons. The molecule has 0 aromatic carbocycles. The monoisotopic (exact) mass is 377 g/mol. The van der Waals surface area contributed by atoms with Crippen LogP contribution in [-0.2, 0) is 4.74 Å². The maximum absolute atomic E-state index is 12.8. The molecular formula is C20H31N3O4. The number of piperidine rings is 1. The predicted molar refractivity (Wildman–Crippen MR) is 103 cm³/mol. The van der Waals surface area contributed by atoms with Crippen LogP contribution in [-0.4, -0.2) is 65.7 Å². The molecule has 7 heteroatoms. The van der Waals surface area contributed by atoms with E-state index in [-0.39, 0.29) is 17.9 Å². The number of hydrogen-bond acceptors (Lipinski definition) is 5. The maximum atomic E-state index is 12.8. The number of ether oxygens (including phenoxy) is 2. The predicted octanol–water partition coefficient (Wildman–Crippen LogP) is 3.20. The summed E-state index contributed by atoms with van der Waals surface area (Å²) in [5.41, 5.74) is 0.0419. The van der Waals surface area contributed by atoms with Crippen molar-refractivity contribution in [2.45, 2.75) is 46.1 Å². The number of nitrogens with zero attached hydrogens (tertiary/aromatic N) is 3. The summed E-state index contributed by atoms with van der Waals surface area (Å²) in [5.74, 6) is 0.718. The number of aromatic nitrogens is 1. The van der Waals surface area contributed by atoms with Crippen LogP contribution in [0.5, 0.6) is 5.88 Å². The summed E-state index contributed by atoms with van der Waals surface area (Å²) >= 11 is 0. The molecule has 0 spiro atoms. The van der Waals surface area contributed by atoms with Gasteiger partial charge in [0.15, 0.2) is 0 Å². The number of carbonyl (C=O) groups excluding carboxylic acids is 2. The second-order valence-electron chi connectivity index (χ2n) is 7.94. The number of rotatable bonds is 5. The van der Waals surface area contributed by atoms with Crippen LogP contribution in [0.1, 0.15) is 50.9 Å². The van der Waals surface area contributed by atoms with Crippen LogP contribution in [0, 0.1) is 5.92 Å². The van der Waals surface area contributed by atoms with E-state index in [0.29, 0.717) is 31.1 Å². The molecule has 0 N–H and O–H groups in total. The summed E-state index contributed by atoms with van der Waals surface area (Å²) in [6, 6.07) is 3.46. The Morgan fingerprint density at radius 1 is 1.33 bits per heavy atom. The average molecular weight is 377 g/mol. The number of likely N-dealkylation sites (tertiary alicyclic amines) is 1. The minimum Gasteiger partial charge on any atom is -0.478 e. The van der Waals surface area contributed by atoms with Crippen LogP contribution >= 0.6 is 0 Å². The Bertz CT molecular complexity index is 640. The second kappa shape index (κ2) is 9.06. The molecule has 1 aliphatic heterocycles. The molecular weight excluding hydrogens is 346 g/mol. The van der Waals surface area contributed by atoms with Crippen molar-refractivity contribution in [2.24, 2.45) is 5.92 Å². The Hall–Kier alpha value is -2.31. The summed E-state index contributed by atoms with van der Waals surface area (Å²) in [6.45, 7) is 9.90. The highest BCUT2D eigenvalue weighted by atomic mass is 16.6. The highest BCUT2D eigenvalue weighted by Gasteiger charge is 2.28. The fraction of sp³-hybridized carbons (Fsp3) is 0.650. The summed E-state index contributed by atoms with van der Waals surface area (Å²) in [4.78, 5) is 32.5. The molecule has 1 unspecified atom stereocenters. The third-order valence-corrected chi connectivity index (χ3v) is 4.32. The zero-order valence-electron chi connectivity index (χ0n) is 17.0. The molecule has 1 aliphatic rings. The van der Waals surface area contributed by atoms with Gasteiger partial charge in [0.2, 0.25) is 5.88 Å². The molecule has 0 saturated carbocycles. The van der Waals surface area contributed by atoms with Crippen molar-refractivity contribution in [3.05, 3.63) is 23.9 Å². The van der Waals surface area contributed by atoms with Crippen LogP contribution in [0.4, 0.5) is 4.79 Å². The largest absolute Gasteiger partial charge is 0.478 e. The van der Waals surface area contributed by atoms with Crippen molar-refractivity contribution in [2.75, 3.05) is 33.3 Å². The van der Waals surface area contributed by atoms with Gasteiger partial charge in [-0.05, 0) is 52.5 Å². The zero-order valence-corrected chi connectivity index (χ0v) is 17.0. The number of amides is 2. The van der Waals surface area contributed by atoms with E-state index < -0.39 is 5.60 Å². The minimum atomic E-state index is -0.513. The van der Waals surface area contributed by atoms with Crippen molar-refractivity contribution in [3.8, 4) is 5.88 Å². The van der Waals surface area contributed by atoms with Crippen LogP contribution in [0.3, 0.4) is 0 Å². The Morgan fingerprint density at radius 3 is 2.67 bits per heavy atom. The molecule has 27 heavy (non-hydrogen) atoms. The molecule has 1 fully saturated rings. The molecule has 7 nitrogen and oxygen atoms in total. The summed E-state index contributed by atoms with van der Waals surface area (Å²) in [5, 5.41) is 0. The van der Waals surface area contributed by atoms with Gasteiger partial charge in [0, 0.05) is 38.9 Å². The van der Waals surface area contributed by atoms with Gasteiger partial charge in [-0.1, -0.05) is 0 Å². The topological polar surface area (TPSA) is 72.0 Å². The third kappa shape index (κ3) is 6.41. The summed E-state index contributed by atoms with van der Waals surface area (Å²) in [7, 11) is 1.74. The molecule has 0 bridgehead atoms. The third-order valence-electron chi connectivity index (χ3n) is 4.32. The molecule has 0 aliphatic carbocycles. The first kappa shape index (κ1) is 21.0. The van der Waals surface area contributed by atoms with Crippen molar-refractivity contribution in [3.63, 3.8) is 0 Å². The maximum Gasteiger partial charge on any atom is 0.410 e. The van der Waals surface area contributed by atoms with E-state index in [4.69, 9.17) is 9.47 Å². The van der Waals surface area contributed by atoms with Gasteiger partial charge in [-0.3, -0.25) is 4.79 Å². The van der Waals surface area contributed by atoms with E-state index in [1.807, 2.05) is 32.6 Å². The highest BCUT2D eigenvalue weighted by molar-refractivity contribution is 5.94. The van der Waals surface area contributed by atoms with Crippen LogP contribution in [0.2, 0.25) is 0 Å². The van der Waals surface area contributed by atoms with Crippen molar-refractivity contribution in [1.82, 2.24) is 14.8 Å². The molecule has 2 rings (SSSR count). The lowest BCUT2D eigenvalue weighted by molar-refractivity contribution is 0.0244. The van der Waals surface area contributed by atoms with E-state index in [2.05, 4.69) is 4.98 Å². The Labute approximate surface area is 161 Å². The Balaban J connectivity index is 1.92. The fourth-order valence-corrected chi connectivity index (χ4v) is 3.12. The van der Waals surface area contributed by atoms with E-state index in [9.17, 15) is 9.59 Å². The van der Waals surface area contributed by atoms with Crippen LogP contribution < -0.4 is 4.74 Å². The first-order valence-electron chi connectivity index (χ1n) is 9.52. The number of pyridine rings is 1. The average Bonchev–Trinajstić information content (AvgIpc) is 2.61. The summed E-state index contributed by atoms with van der Waals surface area (Å²) < 4.78 is 10.7. The van der Waals surface area contributed by atoms with Gasteiger partial charge in [0.25, 0.3) is 5.91 Å². The molecule has 1 aromatic rings. The lowest BCUT2D eigenvalue weighted by atomic mass is 9.97. The molecule has 150 valence electrons. The quantitative estimate of drug-likeness (QED) is 0.788. The number of carbonyl (C=O) groups is 2. The molecule has 1 saturated heterocycles. The Kier molecular flexibility index (Phi) is 7.05. The zero-order chi connectivity index (χ0) is 20.0. The first-order valence-corrected chi connectivity index (χ1v) is 9.52. The van der Waals surface area contributed by atoms with Gasteiger partial charge >= 0.3 is 6.09 Å². The highest BCUT2D eigenvalue weighted by Crippen LogP contribution is 2.21. The van der Waals surface area contributed by atoms with Gasteiger partial charge in [-0.25, -0.2) is 9.78 Å². The second-order valence-corrected chi connectivity index (χ2v) is 7.94. The lowest BCUT2D eigenvalue weighted by Gasteiger charge is -2.35. The van der Waals surface area contributed by atoms with Crippen molar-refractivity contribution < 1.29 is 19.1 Å². The fourth-order valence-electron chi connectivity index (χ4n) is 3.12. The van der Waals surface area contributed by atoms with Crippen molar-refractivity contribution >= 4 is 12.0 Å². The van der Waals surface area contributed by atoms with Gasteiger partial charge in [-0.2, -0.15) is 0 Å². The molecule has 1 aromatic heterocycles. The van der Waals surface area contributed by atoms with E-state index >= 15 is 0 Å².